The minimum absolute atomic E-state index is 0.146. The van der Waals surface area contributed by atoms with Gasteiger partial charge in [0.2, 0.25) is 5.91 Å². The van der Waals surface area contributed by atoms with Crippen molar-refractivity contribution in [1.82, 2.24) is 4.90 Å². The Bertz CT molecular complexity index is 791. The molecular weight excluding hydrogens is 346 g/mol. The highest BCUT2D eigenvalue weighted by atomic mass is 32.2. The van der Waals surface area contributed by atoms with Crippen LogP contribution in [0.25, 0.3) is 0 Å². The van der Waals surface area contributed by atoms with Crippen LogP contribution in [-0.2, 0) is 11.3 Å². The lowest BCUT2D eigenvalue weighted by Crippen LogP contribution is -2.31. The molecule has 0 saturated heterocycles. The second-order valence-corrected chi connectivity index (χ2v) is 7.46. The Morgan fingerprint density at radius 2 is 1.85 bits per heavy atom. The van der Waals surface area contributed by atoms with Crippen molar-refractivity contribution in [1.29, 1.82) is 0 Å². The van der Waals surface area contributed by atoms with Gasteiger partial charge in [0.15, 0.2) is 11.5 Å². The minimum Gasteiger partial charge on any atom is -0.486 e. The first-order valence-electron chi connectivity index (χ1n) is 8.93. The maximum Gasteiger partial charge on any atom is 0.233 e. The van der Waals surface area contributed by atoms with Gasteiger partial charge in [0.05, 0.1) is 5.75 Å². The Labute approximate surface area is 159 Å². The van der Waals surface area contributed by atoms with Gasteiger partial charge in [-0.1, -0.05) is 23.8 Å². The molecule has 0 N–H and O–H groups in total. The maximum absolute atomic E-state index is 12.7. The number of hydrogen-bond donors (Lipinski definition) is 0. The van der Waals surface area contributed by atoms with Crippen molar-refractivity contribution < 1.29 is 14.3 Å². The predicted molar refractivity (Wildman–Crippen MR) is 105 cm³/mol. The summed E-state index contributed by atoms with van der Waals surface area (Å²) < 4.78 is 11.2. The monoisotopic (exact) mass is 371 g/mol. The maximum atomic E-state index is 12.7. The van der Waals surface area contributed by atoms with Crippen molar-refractivity contribution in [2.24, 2.45) is 0 Å². The molecule has 2 aromatic carbocycles. The summed E-state index contributed by atoms with van der Waals surface area (Å²) in [5.41, 5.74) is 3.52. The van der Waals surface area contributed by atoms with Crippen LogP contribution < -0.4 is 9.47 Å². The molecule has 0 unspecified atom stereocenters. The van der Waals surface area contributed by atoms with Crippen LogP contribution in [0.1, 0.15) is 23.6 Å². The van der Waals surface area contributed by atoms with Crippen molar-refractivity contribution >= 4 is 17.7 Å². The zero-order chi connectivity index (χ0) is 18.5. The van der Waals surface area contributed by atoms with Crippen LogP contribution in [0.15, 0.2) is 41.3 Å². The van der Waals surface area contributed by atoms with E-state index in [4.69, 9.17) is 9.47 Å². The molecule has 5 heteroatoms. The molecule has 1 amide bonds. The molecular formula is C21H25NO3S. The molecule has 0 radical (unpaired) electrons. The Morgan fingerprint density at radius 3 is 2.58 bits per heavy atom. The van der Waals surface area contributed by atoms with Gasteiger partial charge in [-0.05, 0) is 50.1 Å². The normalized spacial score (nSPS) is 12.7. The summed E-state index contributed by atoms with van der Waals surface area (Å²) in [5.74, 6) is 2.14. The lowest BCUT2D eigenvalue weighted by molar-refractivity contribution is -0.128. The first-order valence-corrected chi connectivity index (χ1v) is 9.91. The topological polar surface area (TPSA) is 38.8 Å². The van der Waals surface area contributed by atoms with Gasteiger partial charge < -0.3 is 14.4 Å². The number of carbonyl (C=O) groups is 1. The summed E-state index contributed by atoms with van der Waals surface area (Å²) in [7, 11) is 0. The SMILES string of the molecule is CCN(Cc1ccc2c(c1)OCCO2)C(=O)CSc1ccc(C)cc1C. The fourth-order valence-electron chi connectivity index (χ4n) is 2.97. The molecule has 0 atom stereocenters. The van der Waals surface area contributed by atoms with E-state index >= 15 is 0 Å². The van der Waals surface area contributed by atoms with Crippen molar-refractivity contribution in [3.05, 3.63) is 53.1 Å². The van der Waals surface area contributed by atoms with Gasteiger partial charge >= 0.3 is 0 Å². The molecule has 0 saturated carbocycles. The minimum atomic E-state index is 0.146. The molecule has 0 fully saturated rings. The zero-order valence-electron chi connectivity index (χ0n) is 15.6. The number of nitrogens with zero attached hydrogens (tertiary/aromatic N) is 1. The van der Waals surface area contributed by atoms with Crippen LogP contribution in [0.5, 0.6) is 11.5 Å². The molecule has 1 aliphatic rings. The number of fused-ring (bicyclic) bond motifs is 1. The van der Waals surface area contributed by atoms with Crippen molar-refractivity contribution in [3.8, 4) is 11.5 Å². The quantitative estimate of drug-likeness (QED) is 0.713. The number of ether oxygens (including phenoxy) is 2. The number of amides is 1. The summed E-state index contributed by atoms with van der Waals surface area (Å²) >= 11 is 1.61. The number of aryl methyl sites for hydroxylation is 2. The average Bonchev–Trinajstić information content (AvgIpc) is 2.65. The molecule has 0 spiro atoms. The average molecular weight is 372 g/mol. The van der Waals surface area contributed by atoms with Crippen LogP contribution >= 0.6 is 11.8 Å². The summed E-state index contributed by atoms with van der Waals surface area (Å²) in [6, 6.07) is 12.2. The van der Waals surface area contributed by atoms with E-state index in [1.165, 1.54) is 16.0 Å². The van der Waals surface area contributed by atoms with Gasteiger partial charge in [-0.2, -0.15) is 0 Å². The Hall–Kier alpha value is -2.14. The fraction of sp³-hybridized carbons (Fsp3) is 0.381. The number of rotatable bonds is 6. The van der Waals surface area contributed by atoms with Gasteiger partial charge in [-0.3, -0.25) is 4.79 Å². The lowest BCUT2D eigenvalue weighted by Gasteiger charge is -2.23. The molecule has 4 nitrogen and oxygen atoms in total. The molecule has 2 aromatic rings. The fourth-order valence-corrected chi connectivity index (χ4v) is 3.89. The largest absolute Gasteiger partial charge is 0.486 e. The summed E-state index contributed by atoms with van der Waals surface area (Å²) in [5, 5.41) is 0. The summed E-state index contributed by atoms with van der Waals surface area (Å²) in [6.45, 7) is 8.60. The third-order valence-electron chi connectivity index (χ3n) is 4.40. The standard InChI is InChI=1S/C21H25NO3S/c1-4-22(13-17-6-7-18-19(12-17)25-10-9-24-18)21(23)14-26-20-8-5-15(2)11-16(20)3/h5-8,11-12H,4,9-10,13-14H2,1-3H3. The first-order chi connectivity index (χ1) is 12.6. The van der Waals surface area contributed by atoms with Crippen molar-refractivity contribution in [3.63, 3.8) is 0 Å². The van der Waals surface area contributed by atoms with Crippen molar-refractivity contribution in [2.75, 3.05) is 25.5 Å². The van der Waals surface area contributed by atoms with Gasteiger partial charge in [-0.15, -0.1) is 11.8 Å². The van der Waals surface area contributed by atoms with Crippen LogP contribution in [-0.4, -0.2) is 36.3 Å². The smallest absolute Gasteiger partial charge is 0.233 e. The number of thioether (sulfide) groups is 1. The van der Waals surface area contributed by atoms with E-state index in [9.17, 15) is 4.79 Å². The van der Waals surface area contributed by atoms with E-state index in [2.05, 4.69) is 32.0 Å². The van der Waals surface area contributed by atoms with Gasteiger partial charge in [0.25, 0.3) is 0 Å². The van der Waals surface area contributed by atoms with Crippen LogP contribution in [0.4, 0.5) is 0 Å². The predicted octanol–water partition coefficient (Wildman–Crippen LogP) is 4.22. The summed E-state index contributed by atoms with van der Waals surface area (Å²) in [6.07, 6.45) is 0. The highest BCUT2D eigenvalue weighted by Gasteiger charge is 2.16. The third kappa shape index (κ3) is 4.52. The summed E-state index contributed by atoms with van der Waals surface area (Å²) in [4.78, 5) is 15.7. The first kappa shape index (κ1) is 18.6. The van der Waals surface area contributed by atoms with E-state index in [0.29, 0.717) is 32.1 Å². The molecule has 1 aliphatic heterocycles. The van der Waals surface area contributed by atoms with E-state index in [0.717, 1.165) is 17.1 Å². The second-order valence-electron chi connectivity index (χ2n) is 6.44. The number of carbonyl (C=O) groups excluding carboxylic acids is 1. The molecule has 1 heterocycles. The van der Waals surface area contributed by atoms with Crippen LogP contribution in [0.2, 0.25) is 0 Å². The van der Waals surface area contributed by atoms with Crippen LogP contribution in [0.3, 0.4) is 0 Å². The highest BCUT2D eigenvalue weighted by molar-refractivity contribution is 8.00. The van der Waals surface area contributed by atoms with E-state index < -0.39 is 0 Å². The molecule has 0 bridgehead atoms. The molecule has 26 heavy (non-hydrogen) atoms. The molecule has 0 aromatic heterocycles. The van der Waals surface area contributed by atoms with E-state index in [1.807, 2.05) is 30.0 Å². The lowest BCUT2D eigenvalue weighted by atomic mass is 10.2. The number of benzene rings is 2. The molecule has 138 valence electrons. The highest BCUT2D eigenvalue weighted by Crippen LogP contribution is 2.31. The molecule has 3 rings (SSSR count). The Balaban J connectivity index is 1.61. The number of hydrogen-bond acceptors (Lipinski definition) is 4. The Kier molecular flexibility index (Phi) is 6.09. The van der Waals surface area contributed by atoms with E-state index in [-0.39, 0.29) is 5.91 Å². The second kappa shape index (κ2) is 8.49. The van der Waals surface area contributed by atoms with Crippen LogP contribution in [0, 0.1) is 13.8 Å². The van der Waals surface area contributed by atoms with Gasteiger partial charge in [0, 0.05) is 18.0 Å². The Morgan fingerprint density at radius 1 is 1.08 bits per heavy atom. The van der Waals surface area contributed by atoms with Crippen molar-refractivity contribution in [2.45, 2.75) is 32.2 Å². The molecule has 0 aliphatic carbocycles. The van der Waals surface area contributed by atoms with Gasteiger partial charge in [0.1, 0.15) is 13.2 Å². The zero-order valence-corrected chi connectivity index (χ0v) is 16.4. The third-order valence-corrected chi connectivity index (χ3v) is 5.56. The van der Waals surface area contributed by atoms with Gasteiger partial charge in [-0.25, -0.2) is 0 Å². The van der Waals surface area contributed by atoms with E-state index in [1.54, 1.807) is 11.8 Å².